The fourth-order valence-electron chi connectivity index (χ4n) is 4.40. The Morgan fingerprint density at radius 3 is 2.77 bits per heavy atom. The van der Waals surface area contributed by atoms with Crippen molar-refractivity contribution >= 4 is 10.9 Å². The Labute approximate surface area is 180 Å². The van der Waals surface area contributed by atoms with Crippen LogP contribution < -0.4 is 4.74 Å². The van der Waals surface area contributed by atoms with Crippen LogP contribution >= 0.6 is 0 Å². The first-order chi connectivity index (χ1) is 14.7. The summed E-state index contributed by atoms with van der Waals surface area (Å²) in [4.78, 5) is 9.10. The number of aliphatic hydroxyl groups excluding tert-OH is 2. The molecule has 2 atom stereocenters. The number of ether oxygens (including phenoxy) is 1. The normalized spacial score (nSPS) is 19.3. The zero-order valence-corrected chi connectivity index (χ0v) is 18.5. The van der Waals surface area contributed by atoms with Crippen LogP contribution in [0.15, 0.2) is 30.5 Å². The molecule has 2 heterocycles. The van der Waals surface area contributed by atoms with E-state index in [0.717, 1.165) is 48.4 Å². The number of methoxy groups -OCH3 is 1. The predicted octanol–water partition coefficient (Wildman–Crippen LogP) is 3.23. The topological polar surface area (TPSA) is 69.1 Å². The lowest BCUT2D eigenvalue weighted by atomic mass is 10.0. The van der Waals surface area contributed by atoms with E-state index in [-0.39, 0.29) is 12.6 Å². The summed E-state index contributed by atoms with van der Waals surface area (Å²) in [5.41, 5.74) is 1.70. The number of rotatable bonds is 11. The molecule has 1 aliphatic heterocycles. The van der Waals surface area contributed by atoms with Gasteiger partial charge in [0.1, 0.15) is 5.75 Å². The molecule has 6 nitrogen and oxygen atoms in total. The zero-order valence-electron chi connectivity index (χ0n) is 18.5. The lowest BCUT2D eigenvalue weighted by molar-refractivity contribution is 0.00931. The Kier molecular flexibility index (Phi) is 8.88. The van der Waals surface area contributed by atoms with Crippen LogP contribution in [0, 0.1) is 0 Å². The third-order valence-corrected chi connectivity index (χ3v) is 6.23. The van der Waals surface area contributed by atoms with Gasteiger partial charge in [-0.1, -0.05) is 32.6 Å². The number of unbranched alkanes of at least 4 members (excludes halogenated alkanes) is 4. The minimum absolute atomic E-state index is 0.0617. The predicted molar refractivity (Wildman–Crippen MR) is 121 cm³/mol. The maximum absolute atomic E-state index is 11.0. The van der Waals surface area contributed by atoms with Crippen LogP contribution in [0.4, 0.5) is 0 Å². The number of hydrogen-bond acceptors (Lipinski definition) is 6. The lowest BCUT2D eigenvalue weighted by Crippen LogP contribution is -2.55. The highest BCUT2D eigenvalue weighted by atomic mass is 16.5. The molecule has 0 spiro atoms. The second-order valence-corrected chi connectivity index (χ2v) is 8.35. The van der Waals surface area contributed by atoms with Gasteiger partial charge in [-0.05, 0) is 42.8 Å². The number of fused-ring (bicyclic) bond motifs is 1. The quantitative estimate of drug-likeness (QED) is 0.549. The number of piperazine rings is 1. The average Bonchev–Trinajstić information content (AvgIpc) is 2.78. The molecule has 0 aliphatic carbocycles. The summed E-state index contributed by atoms with van der Waals surface area (Å²) in [6.07, 6.45) is 7.52. The van der Waals surface area contributed by atoms with Crippen molar-refractivity contribution in [1.29, 1.82) is 0 Å². The van der Waals surface area contributed by atoms with Crippen molar-refractivity contribution in [3.8, 4) is 5.75 Å². The second-order valence-electron chi connectivity index (χ2n) is 8.35. The number of aromatic nitrogens is 1. The Morgan fingerprint density at radius 2 is 2.00 bits per heavy atom. The van der Waals surface area contributed by atoms with E-state index < -0.39 is 6.10 Å². The van der Waals surface area contributed by atoms with Gasteiger partial charge in [0.2, 0.25) is 0 Å². The van der Waals surface area contributed by atoms with Crippen molar-refractivity contribution in [1.82, 2.24) is 14.8 Å². The molecule has 2 N–H and O–H groups in total. The number of pyridine rings is 1. The van der Waals surface area contributed by atoms with Gasteiger partial charge in [0.15, 0.2) is 0 Å². The van der Waals surface area contributed by atoms with E-state index in [1.54, 1.807) is 13.3 Å². The van der Waals surface area contributed by atoms with Crippen molar-refractivity contribution in [3.05, 3.63) is 36.0 Å². The molecular weight excluding hydrogens is 378 g/mol. The van der Waals surface area contributed by atoms with Crippen molar-refractivity contribution in [3.63, 3.8) is 0 Å². The zero-order chi connectivity index (χ0) is 21.3. The van der Waals surface area contributed by atoms with Crippen LogP contribution in [0.1, 0.15) is 50.7 Å². The van der Waals surface area contributed by atoms with Gasteiger partial charge in [0.25, 0.3) is 0 Å². The highest BCUT2D eigenvalue weighted by Crippen LogP contribution is 2.28. The van der Waals surface area contributed by atoms with Gasteiger partial charge in [-0.2, -0.15) is 0 Å². The standard InChI is InChI=1S/C24H37N3O3/c1-3-4-5-6-7-12-26-13-14-27(19(16-26)18-28)17-24(29)21-10-11-25-23-9-8-20(30-2)15-22(21)23/h8-11,15,19,24,28-29H,3-7,12-14,16-18H2,1-2H3/t19-,24-/m1/s1. The summed E-state index contributed by atoms with van der Waals surface area (Å²) >= 11 is 0. The van der Waals surface area contributed by atoms with E-state index in [1.807, 2.05) is 24.3 Å². The highest BCUT2D eigenvalue weighted by Gasteiger charge is 2.28. The number of aliphatic hydroxyl groups is 2. The molecule has 1 aromatic carbocycles. The monoisotopic (exact) mass is 415 g/mol. The van der Waals surface area contributed by atoms with Crippen LogP contribution in [0.25, 0.3) is 10.9 Å². The van der Waals surface area contributed by atoms with Crippen LogP contribution in [-0.4, -0.2) is 77.5 Å². The van der Waals surface area contributed by atoms with E-state index in [2.05, 4.69) is 21.7 Å². The van der Waals surface area contributed by atoms with Crippen LogP contribution in [-0.2, 0) is 0 Å². The van der Waals surface area contributed by atoms with Gasteiger partial charge in [-0.3, -0.25) is 9.88 Å². The molecule has 3 rings (SSSR count). The average molecular weight is 416 g/mol. The molecule has 1 saturated heterocycles. The Morgan fingerprint density at radius 1 is 1.17 bits per heavy atom. The third kappa shape index (κ3) is 5.91. The maximum Gasteiger partial charge on any atom is 0.119 e. The summed E-state index contributed by atoms with van der Waals surface area (Å²) in [5.74, 6) is 0.754. The fraction of sp³-hybridized carbons (Fsp3) is 0.625. The molecule has 2 aromatic rings. The molecule has 1 aromatic heterocycles. The molecule has 6 heteroatoms. The van der Waals surface area contributed by atoms with Gasteiger partial charge in [0.05, 0.1) is 25.3 Å². The summed E-state index contributed by atoms with van der Waals surface area (Å²) in [6, 6.07) is 7.68. The summed E-state index contributed by atoms with van der Waals surface area (Å²) in [6.45, 7) is 6.68. The molecule has 0 bridgehead atoms. The Balaban J connectivity index is 1.60. The van der Waals surface area contributed by atoms with Crippen molar-refractivity contribution in [2.45, 2.75) is 51.2 Å². The van der Waals surface area contributed by atoms with Crippen LogP contribution in [0.2, 0.25) is 0 Å². The van der Waals surface area contributed by atoms with Gasteiger partial charge in [0, 0.05) is 43.8 Å². The van der Waals surface area contributed by atoms with Crippen LogP contribution in [0.3, 0.4) is 0 Å². The smallest absolute Gasteiger partial charge is 0.119 e. The van der Waals surface area contributed by atoms with Crippen molar-refractivity contribution in [2.75, 3.05) is 46.4 Å². The summed E-state index contributed by atoms with van der Waals surface area (Å²) in [7, 11) is 1.64. The first kappa shape index (κ1) is 22.9. The Bertz CT molecular complexity index is 785. The first-order valence-electron chi connectivity index (χ1n) is 11.3. The van der Waals surface area contributed by atoms with Gasteiger partial charge < -0.3 is 19.8 Å². The van der Waals surface area contributed by atoms with Gasteiger partial charge >= 0.3 is 0 Å². The molecule has 1 fully saturated rings. The largest absolute Gasteiger partial charge is 0.497 e. The Hall–Kier alpha value is -1.73. The minimum atomic E-state index is -0.641. The highest BCUT2D eigenvalue weighted by molar-refractivity contribution is 5.83. The molecular formula is C24H37N3O3. The minimum Gasteiger partial charge on any atom is -0.497 e. The number of hydrogen-bond donors (Lipinski definition) is 2. The van der Waals surface area contributed by atoms with Gasteiger partial charge in [-0.15, -0.1) is 0 Å². The van der Waals surface area contributed by atoms with E-state index >= 15 is 0 Å². The third-order valence-electron chi connectivity index (χ3n) is 6.23. The SMILES string of the molecule is CCCCCCCN1CCN(C[C@@H](O)c2ccnc3ccc(OC)cc23)[C@@H](CO)C1. The number of β-amino-alcohol motifs (C(OH)–C–C–N with tert-alkyl or cyclic N) is 1. The van der Waals surface area contributed by atoms with Crippen LogP contribution in [0.5, 0.6) is 5.75 Å². The molecule has 0 saturated carbocycles. The molecule has 0 amide bonds. The van der Waals surface area contributed by atoms with E-state index in [0.29, 0.717) is 6.54 Å². The van der Waals surface area contributed by atoms with Gasteiger partial charge in [-0.25, -0.2) is 0 Å². The fourth-order valence-corrected chi connectivity index (χ4v) is 4.40. The molecule has 0 unspecified atom stereocenters. The van der Waals surface area contributed by atoms with E-state index in [1.165, 1.54) is 32.1 Å². The molecule has 30 heavy (non-hydrogen) atoms. The molecule has 1 aliphatic rings. The maximum atomic E-state index is 11.0. The van der Waals surface area contributed by atoms with Crippen molar-refractivity contribution < 1.29 is 14.9 Å². The molecule has 0 radical (unpaired) electrons. The number of benzene rings is 1. The summed E-state index contributed by atoms with van der Waals surface area (Å²) in [5, 5.41) is 21.9. The summed E-state index contributed by atoms with van der Waals surface area (Å²) < 4.78 is 5.35. The lowest BCUT2D eigenvalue weighted by Gasteiger charge is -2.41. The number of nitrogens with zero attached hydrogens (tertiary/aromatic N) is 3. The molecule has 166 valence electrons. The second kappa shape index (κ2) is 11.6. The first-order valence-corrected chi connectivity index (χ1v) is 11.3. The van der Waals surface area contributed by atoms with E-state index in [9.17, 15) is 10.2 Å². The van der Waals surface area contributed by atoms with E-state index in [4.69, 9.17) is 4.74 Å². The van der Waals surface area contributed by atoms with Crippen molar-refractivity contribution in [2.24, 2.45) is 0 Å².